The maximum atomic E-state index is 10.8. The van der Waals surface area contributed by atoms with Crippen molar-refractivity contribution in [1.82, 2.24) is 0 Å². The summed E-state index contributed by atoms with van der Waals surface area (Å²) in [6, 6.07) is 5.45. The molecule has 118 valence electrons. The fourth-order valence-electron chi connectivity index (χ4n) is 1.88. The maximum Gasteiger partial charge on any atom is 0.217 e. The molecule has 0 saturated heterocycles. The summed E-state index contributed by atoms with van der Waals surface area (Å²) in [5.41, 5.74) is 12.2. The molecule has 5 nitrogen and oxygen atoms in total. The monoisotopic (exact) mass is 294 g/mol. The van der Waals surface area contributed by atoms with E-state index < -0.39 is 0 Å². The molecular formula is C16H26N2O3. The molecule has 0 aliphatic carbocycles. The highest BCUT2D eigenvalue weighted by Gasteiger charge is 2.12. The van der Waals surface area contributed by atoms with Crippen molar-refractivity contribution in [2.24, 2.45) is 11.5 Å². The highest BCUT2D eigenvalue weighted by Crippen LogP contribution is 2.31. The van der Waals surface area contributed by atoms with Crippen LogP contribution in [0.1, 0.15) is 51.1 Å². The fourth-order valence-corrected chi connectivity index (χ4v) is 1.88. The van der Waals surface area contributed by atoms with Gasteiger partial charge in [-0.05, 0) is 37.0 Å². The van der Waals surface area contributed by atoms with Crippen LogP contribution in [-0.4, -0.2) is 19.1 Å². The van der Waals surface area contributed by atoms with Crippen molar-refractivity contribution in [2.45, 2.75) is 45.6 Å². The van der Waals surface area contributed by atoms with Gasteiger partial charge in [0, 0.05) is 12.5 Å². The minimum atomic E-state index is -0.337. The van der Waals surface area contributed by atoms with Gasteiger partial charge in [0.2, 0.25) is 5.91 Å². The summed E-state index contributed by atoms with van der Waals surface area (Å²) in [4.78, 5) is 10.8. The first-order chi connectivity index (χ1) is 10.1. The van der Waals surface area contributed by atoms with Gasteiger partial charge in [0.15, 0.2) is 11.5 Å². The summed E-state index contributed by atoms with van der Waals surface area (Å²) in [7, 11) is 0. The third kappa shape index (κ3) is 6.04. The van der Waals surface area contributed by atoms with Gasteiger partial charge < -0.3 is 20.9 Å². The number of carbonyl (C=O) groups excluding carboxylic acids is 1. The Labute approximate surface area is 126 Å². The smallest absolute Gasteiger partial charge is 0.217 e. The molecule has 1 aromatic rings. The first-order valence-corrected chi connectivity index (χ1v) is 7.51. The van der Waals surface area contributed by atoms with Gasteiger partial charge >= 0.3 is 0 Å². The van der Waals surface area contributed by atoms with E-state index in [4.69, 9.17) is 20.9 Å². The predicted molar refractivity (Wildman–Crippen MR) is 83.4 cm³/mol. The number of hydrogen-bond donors (Lipinski definition) is 2. The normalized spacial score (nSPS) is 12.0. The number of ether oxygens (including phenoxy) is 2. The Morgan fingerprint density at radius 3 is 2.33 bits per heavy atom. The van der Waals surface area contributed by atoms with Gasteiger partial charge in [-0.2, -0.15) is 0 Å². The van der Waals surface area contributed by atoms with Crippen LogP contribution in [0.25, 0.3) is 0 Å². The summed E-state index contributed by atoms with van der Waals surface area (Å²) in [5.74, 6) is 1.10. The highest BCUT2D eigenvalue weighted by molar-refractivity contribution is 5.73. The molecule has 4 N–H and O–H groups in total. The molecule has 1 aromatic carbocycles. The Morgan fingerprint density at radius 1 is 1.14 bits per heavy atom. The third-order valence-corrected chi connectivity index (χ3v) is 3.02. The molecule has 1 rings (SSSR count). The van der Waals surface area contributed by atoms with Crippen molar-refractivity contribution < 1.29 is 14.3 Å². The summed E-state index contributed by atoms with van der Waals surface area (Å²) in [6.07, 6.45) is 2.66. The number of hydrogen-bond acceptors (Lipinski definition) is 4. The average Bonchev–Trinajstić information content (AvgIpc) is 2.48. The Balaban J connectivity index is 2.83. The Morgan fingerprint density at radius 2 is 1.76 bits per heavy atom. The molecule has 1 amide bonds. The van der Waals surface area contributed by atoms with Gasteiger partial charge in [-0.15, -0.1) is 0 Å². The molecule has 0 fully saturated rings. The van der Waals surface area contributed by atoms with Gasteiger partial charge in [0.05, 0.1) is 13.2 Å². The van der Waals surface area contributed by atoms with Gasteiger partial charge in [-0.25, -0.2) is 0 Å². The molecule has 0 saturated carbocycles. The van der Waals surface area contributed by atoms with E-state index in [0.29, 0.717) is 25.4 Å². The largest absolute Gasteiger partial charge is 0.490 e. The van der Waals surface area contributed by atoms with Crippen molar-refractivity contribution in [2.75, 3.05) is 13.2 Å². The van der Waals surface area contributed by atoms with Crippen LogP contribution in [0.4, 0.5) is 0 Å². The van der Waals surface area contributed by atoms with Crippen molar-refractivity contribution in [3.05, 3.63) is 23.8 Å². The molecule has 0 bridgehead atoms. The lowest BCUT2D eigenvalue weighted by Gasteiger charge is -2.16. The molecule has 0 aromatic heterocycles. The molecule has 0 aliphatic heterocycles. The third-order valence-electron chi connectivity index (χ3n) is 3.02. The molecule has 5 heteroatoms. The van der Waals surface area contributed by atoms with Gasteiger partial charge in [0.25, 0.3) is 0 Å². The second kappa shape index (κ2) is 9.23. The van der Waals surface area contributed by atoms with Crippen LogP contribution in [0.15, 0.2) is 18.2 Å². The molecule has 21 heavy (non-hydrogen) atoms. The number of benzene rings is 1. The first kappa shape index (κ1) is 17.3. The Bertz CT molecular complexity index is 449. The van der Waals surface area contributed by atoms with Crippen molar-refractivity contribution in [1.29, 1.82) is 0 Å². The lowest BCUT2D eigenvalue weighted by Crippen LogP contribution is -2.16. The SMILES string of the molecule is CCCOc1ccc(C(N)CCC(N)=O)cc1OCCC. The topological polar surface area (TPSA) is 87.6 Å². The lowest BCUT2D eigenvalue weighted by atomic mass is 10.0. The molecule has 1 unspecified atom stereocenters. The van der Waals surface area contributed by atoms with Crippen LogP contribution < -0.4 is 20.9 Å². The van der Waals surface area contributed by atoms with Crippen LogP contribution in [0, 0.1) is 0 Å². The highest BCUT2D eigenvalue weighted by atomic mass is 16.5. The number of amides is 1. The molecular weight excluding hydrogens is 268 g/mol. The Hall–Kier alpha value is -1.75. The molecule has 0 radical (unpaired) electrons. The number of carbonyl (C=O) groups is 1. The molecule has 0 spiro atoms. The average molecular weight is 294 g/mol. The predicted octanol–water partition coefficient (Wildman–Crippen LogP) is 2.53. The molecule has 0 heterocycles. The first-order valence-electron chi connectivity index (χ1n) is 7.51. The van der Waals surface area contributed by atoms with Crippen LogP contribution >= 0.6 is 0 Å². The zero-order chi connectivity index (χ0) is 15.7. The van der Waals surface area contributed by atoms with Crippen LogP contribution in [0.5, 0.6) is 11.5 Å². The van der Waals surface area contributed by atoms with Crippen molar-refractivity contribution in [3.63, 3.8) is 0 Å². The van der Waals surface area contributed by atoms with E-state index >= 15 is 0 Å². The van der Waals surface area contributed by atoms with Crippen LogP contribution in [0.3, 0.4) is 0 Å². The number of primary amides is 1. The van der Waals surface area contributed by atoms with Gasteiger partial charge in [-0.1, -0.05) is 19.9 Å². The quantitative estimate of drug-likeness (QED) is 0.694. The zero-order valence-electron chi connectivity index (χ0n) is 12.9. The second-order valence-corrected chi connectivity index (χ2v) is 5.01. The molecule has 0 aliphatic rings. The summed E-state index contributed by atoms with van der Waals surface area (Å²) >= 11 is 0. The van der Waals surface area contributed by atoms with E-state index in [2.05, 4.69) is 13.8 Å². The zero-order valence-corrected chi connectivity index (χ0v) is 12.9. The summed E-state index contributed by atoms with van der Waals surface area (Å²) in [6.45, 7) is 5.38. The van der Waals surface area contributed by atoms with Crippen LogP contribution in [-0.2, 0) is 4.79 Å². The van der Waals surface area contributed by atoms with E-state index in [1.54, 1.807) is 0 Å². The summed E-state index contributed by atoms with van der Waals surface area (Å²) in [5, 5.41) is 0. The maximum absolute atomic E-state index is 10.8. The number of nitrogens with two attached hydrogens (primary N) is 2. The van der Waals surface area contributed by atoms with Gasteiger partial charge in [0.1, 0.15) is 0 Å². The second-order valence-electron chi connectivity index (χ2n) is 5.01. The van der Waals surface area contributed by atoms with E-state index in [9.17, 15) is 4.79 Å². The van der Waals surface area contributed by atoms with E-state index in [-0.39, 0.29) is 18.4 Å². The molecule has 1 atom stereocenters. The van der Waals surface area contributed by atoms with Gasteiger partial charge in [-0.3, -0.25) is 4.79 Å². The summed E-state index contributed by atoms with van der Waals surface area (Å²) < 4.78 is 11.4. The van der Waals surface area contributed by atoms with Crippen LogP contribution in [0.2, 0.25) is 0 Å². The van der Waals surface area contributed by atoms with E-state index in [1.807, 2.05) is 18.2 Å². The van der Waals surface area contributed by atoms with E-state index in [0.717, 1.165) is 24.2 Å². The van der Waals surface area contributed by atoms with E-state index in [1.165, 1.54) is 0 Å². The van der Waals surface area contributed by atoms with Crippen molar-refractivity contribution in [3.8, 4) is 11.5 Å². The minimum Gasteiger partial charge on any atom is -0.490 e. The number of rotatable bonds is 10. The lowest BCUT2D eigenvalue weighted by molar-refractivity contribution is -0.118. The standard InChI is InChI=1S/C16H26N2O3/c1-3-9-20-14-7-5-12(11-15(14)21-10-4-2)13(17)6-8-16(18)19/h5,7,11,13H,3-4,6,8-10,17H2,1-2H3,(H2,18,19). The van der Waals surface area contributed by atoms with Crippen molar-refractivity contribution >= 4 is 5.91 Å². The fraction of sp³-hybridized carbons (Fsp3) is 0.562. The Kier molecular flexibility index (Phi) is 7.61. The minimum absolute atomic E-state index is 0.235.